The van der Waals surface area contributed by atoms with Gasteiger partial charge in [0.15, 0.2) is 5.65 Å². The largest absolute Gasteiger partial charge is 0.412 e. The van der Waals surface area contributed by atoms with Gasteiger partial charge in [0, 0.05) is 44.0 Å². The molecule has 182 valence electrons. The van der Waals surface area contributed by atoms with Gasteiger partial charge in [-0.3, -0.25) is 9.59 Å². The molecule has 12 heteroatoms. The number of rotatable bonds is 7. The van der Waals surface area contributed by atoms with E-state index in [1.54, 1.807) is 30.9 Å². The number of aromatic nitrogens is 4. The second kappa shape index (κ2) is 9.72. The summed E-state index contributed by atoms with van der Waals surface area (Å²) in [6.45, 7) is 0.0594. The van der Waals surface area contributed by atoms with Crippen molar-refractivity contribution in [2.24, 2.45) is 7.05 Å². The molecule has 0 saturated carbocycles. The number of halogens is 2. The number of carbonyl (C=O) groups excluding carboxylic acids is 1. The number of amides is 1. The first-order valence-electron chi connectivity index (χ1n) is 10.5. The number of carbonyl (C=O) groups is 1. The van der Waals surface area contributed by atoms with Crippen molar-refractivity contribution < 1.29 is 19.1 Å². The van der Waals surface area contributed by atoms with E-state index >= 15 is 0 Å². The third kappa shape index (κ3) is 4.55. The van der Waals surface area contributed by atoms with Gasteiger partial charge in [-0.15, -0.1) is 4.73 Å². The summed E-state index contributed by atoms with van der Waals surface area (Å²) in [5.41, 5.74) is 0.405. The highest BCUT2D eigenvalue weighted by Crippen LogP contribution is 2.30. The molecular weight excluding hydrogens is 479 g/mol. The summed E-state index contributed by atoms with van der Waals surface area (Å²) in [5.74, 6) is -0.760. The van der Waals surface area contributed by atoms with Crippen LogP contribution < -0.4 is 15.7 Å². The quantitative estimate of drug-likeness (QED) is 0.400. The number of aliphatic hydroxyl groups excluding tert-OH is 1. The van der Waals surface area contributed by atoms with Crippen LogP contribution in [0.25, 0.3) is 22.2 Å². The van der Waals surface area contributed by atoms with Crippen molar-refractivity contribution in [2.75, 3.05) is 32.6 Å². The number of anilines is 2. The van der Waals surface area contributed by atoms with Crippen molar-refractivity contribution >= 4 is 40.2 Å². The molecule has 0 saturated heterocycles. The van der Waals surface area contributed by atoms with E-state index in [0.717, 1.165) is 4.73 Å². The van der Waals surface area contributed by atoms with Crippen molar-refractivity contribution in [1.82, 2.24) is 24.2 Å². The second-order valence-corrected chi connectivity index (χ2v) is 8.12. The Morgan fingerprint density at radius 2 is 2.11 bits per heavy atom. The molecule has 3 aromatic heterocycles. The highest BCUT2D eigenvalue weighted by molar-refractivity contribution is 6.33. The van der Waals surface area contributed by atoms with Gasteiger partial charge >= 0.3 is 0 Å². The van der Waals surface area contributed by atoms with E-state index in [1.165, 1.54) is 42.5 Å². The Morgan fingerprint density at radius 3 is 2.80 bits per heavy atom. The van der Waals surface area contributed by atoms with Crippen molar-refractivity contribution in [1.29, 1.82) is 0 Å². The van der Waals surface area contributed by atoms with Crippen LogP contribution in [0.1, 0.15) is 10.5 Å². The molecule has 0 aliphatic heterocycles. The van der Waals surface area contributed by atoms with E-state index in [-0.39, 0.29) is 46.8 Å². The summed E-state index contributed by atoms with van der Waals surface area (Å²) in [5, 5.41) is 12.6. The Morgan fingerprint density at radius 1 is 1.34 bits per heavy atom. The van der Waals surface area contributed by atoms with Crippen LogP contribution in [0.15, 0.2) is 47.5 Å². The first-order chi connectivity index (χ1) is 16.7. The lowest BCUT2D eigenvalue weighted by molar-refractivity contribution is 0.0757. The molecule has 0 aliphatic carbocycles. The van der Waals surface area contributed by atoms with E-state index in [1.807, 2.05) is 0 Å². The number of likely N-dealkylation sites (N-methyl/N-ethyl adjacent to an activating group) is 1. The number of aryl methyl sites for hydroxylation is 1. The molecule has 1 amide bonds. The SMILES string of the molecule is COn1c(=O)c(-c2c(F)cccc2Cl)cc2cnc(Nc3cc(C(=O)N(C)CCO)n(C)c3)nc21. The maximum Gasteiger partial charge on any atom is 0.293 e. The summed E-state index contributed by atoms with van der Waals surface area (Å²) in [7, 11) is 4.60. The van der Waals surface area contributed by atoms with Gasteiger partial charge in [-0.1, -0.05) is 17.7 Å². The Kier molecular flexibility index (Phi) is 6.72. The van der Waals surface area contributed by atoms with Crippen LogP contribution in [0, 0.1) is 5.82 Å². The zero-order valence-electron chi connectivity index (χ0n) is 19.1. The van der Waals surface area contributed by atoms with Gasteiger partial charge in [0.2, 0.25) is 5.95 Å². The molecule has 0 bridgehead atoms. The standard InChI is InChI=1S/C23H22ClFN6O4/c1-29(7-8-32)22(34)18-10-14(12-30(18)2)27-23-26-11-13-9-15(19-16(24)5-4-6-17(19)25)21(33)31(35-3)20(13)28-23/h4-6,9-12,32H,7-8H2,1-3H3,(H,26,27,28). The minimum atomic E-state index is -0.644. The van der Waals surface area contributed by atoms with E-state index in [0.29, 0.717) is 16.8 Å². The number of nitrogens with zero attached hydrogens (tertiary/aromatic N) is 5. The third-order valence-corrected chi connectivity index (χ3v) is 5.69. The van der Waals surface area contributed by atoms with Gasteiger partial charge in [-0.05, 0) is 24.3 Å². The molecular formula is C23H22ClFN6O4. The fourth-order valence-corrected chi connectivity index (χ4v) is 3.92. The van der Waals surface area contributed by atoms with Crippen LogP contribution in [-0.4, -0.2) is 62.5 Å². The number of benzene rings is 1. The van der Waals surface area contributed by atoms with Crippen LogP contribution >= 0.6 is 11.6 Å². The molecule has 4 aromatic rings. The average Bonchev–Trinajstić information content (AvgIpc) is 3.18. The zero-order chi connectivity index (χ0) is 25.3. The fraction of sp³-hybridized carbons (Fsp3) is 0.217. The topological polar surface area (TPSA) is 115 Å². The number of hydrogen-bond donors (Lipinski definition) is 2. The molecule has 2 N–H and O–H groups in total. The molecule has 4 rings (SSSR count). The Balaban J connectivity index is 1.73. The summed E-state index contributed by atoms with van der Waals surface area (Å²) in [6, 6.07) is 7.23. The zero-order valence-corrected chi connectivity index (χ0v) is 19.9. The number of hydrogen-bond acceptors (Lipinski definition) is 7. The number of fused-ring (bicyclic) bond motifs is 1. The highest BCUT2D eigenvalue weighted by atomic mass is 35.5. The van der Waals surface area contributed by atoms with Gasteiger partial charge in [-0.25, -0.2) is 9.37 Å². The Bertz CT molecular complexity index is 1460. The molecule has 0 atom stereocenters. The average molecular weight is 501 g/mol. The van der Waals surface area contributed by atoms with Gasteiger partial charge in [-0.2, -0.15) is 4.98 Å². The lowest BCUT2D eigenvalue weighted by Gasteiger charge is -2.15. The van der Waals surface area contributed by atoms with Crippen LogP contribution in [0.2, 0.25) is 5.02 Å². The van der Waals surface area contributed by atoms with Gasteiger partial charge in [0.25, 0.3) is 11.5 Å². The van der Waals surface area contributed by atoms with Crippen LogP contribution in [0.4, 0.5) is 16.0 Å². The molecule has 0 radical (unpaired) electrons. The van der Waals surface area contributed by atoms with Gasteiger partial charge in [0.1, 0.15) is 18.6 Å². The second-order valence-electron chi connectivity index (χ2n) is 7.71. The first kappa shape index (κ1) is 24.2. The summed E-state index contributed by atoms with van der Waals surface area (Å²) in [4.78, 5) is 41.0. The summed E-state index contributed by atoms with van der Waals surface area (Å²) in [6.07, 6.45) is 3.14. The van der Waals surface area contributed by atoms with E-state index in [2.05, 4.69) is 15.3 Å². The lowest BCUT2D eigenvalue weighted by Crippen LogP contribution is -2.30. The molecule has 35 heavy (non-hydrogen) atoms. The number of aliphatic hydroxyl groups is 1. The predicted molar refractivity (Wildman–Crippen MR) is 129 cm³/mol. The molecule has 3 heterocycles. The molecule has 0 unspecified atom stereocenters. The van der Waals surface area contributed by atoms with Gasteiger partial charge in [0.05, 0.1) is 22.9 Å². The molecule has 1 aromatic carbocycles. The van der Waals surface area contributed by atoms with Crippen molar-refractivity contribution in [3.05, 3.63) is 69.6 Å². The van der Waals surface area contributed by atoms with E-state index in [9.17, 15) is 14.0 Å². The van der Waals surface area contributed by atoms with Crippen molar-refractivity contribution in [3.8, 4) is 11.1 Å². The van der Waals surface area contributed by atoms with E-state index < -0.39 is 11.4 Å². The summed E-state index contributed by atoms with van der Waals surface area (Å²) >= 11 is 6.16. The molecule has 0 spiro atoms. The monoisotopic (exact) mass is 500 g/mol. The minimum Gasteiger partial charge on any atom is -0.412 e. The molecule has 0 fully saturated rings. The minimum absolute atomic E-state index is 0.00460. The molecule has 0 aliphatic rings. The maximum absolute atomic E-state index is 14.5. The van der Waals surface area contributed by atoms with Gasteiger partial charge < -0.3 is 24.7 Å². The van der Waals surface area contributed by atoms with E-state index in [4.69, 9.17) is 21.5 Å². The van der Waals surface area contributed by atoms with Crippen LogP contribution in [0.3, 0.4) is 0 Å². The van der Waals surface area contributed by atoms with Crippen molar-refractivity contribution in [3.63, 3.8) is 0 Å². The fourth-order valence-electron chi connectivity index (χ4n) is 3.65. The number of nitrogens with one attached hydrogen (secondary N) is 1. The highest BCUT2D eigenvalue weighted by Gasteiger charge is 2.20. The summed E-state index contributed by atoms with van der Waals surface area (Å²) < 4.78 is 17.1. The number of pyridine rings is 1. The first-order valence-corrected chi connectivity index (χ1v) is 10.8. The molecule has 10 nitrogen and oxygen atoms in total. The lowest BCUT2D eigenvalue weighted by atomic mass is 10.1. The Hall–Kier alpha value is -3.96. The van der Waals surface area contributed by atoms with Crippen LogP contribution in [0.5, 0.6) is 0 Å². The predicted octanol–water partition coefficient (Wildman–Crippen LogP) is 2.46. The van der Waals surface area contributed by atoms with Crippen molar-refractivity contribution in [2.45, 2.75) is 0 Å². The van der Waals surface area contributed by atoms with Crippen LogP contribution in [-0.2, 0) is 7.05 Å². The third-order valence-electron chi connectivity index (χ3n) is 5.38. The maximum atomic E-state index is 14.5. The Labute approximate surface area is 204 Å². The smallest absolute Gasteiger partial charge is 0.293 e. The normalized spacial score (nSPS) is 11.0.